The molecule has 0 amide bonds. The summed E-state index contributed by atoms with van der Waals surface area (Å²) in [7, 11) is 4.19. The van der Waals surface area contributed by atoms with Crippen LogP contribution in [0.4, 0.5) is 0 Å². The summed E-state index contributed by atoms with van der Waals surface area (Å²) in [6.45, 7) is 12.8. The number of nitrogens with zero attached hydrogens (tertiary/aromatic N) is 2. The number of carbonyl (C=O) groups is 1. The van der Waals surface area contributed by atoms with Crippen LogP contribution in [-0.4, -0.2) is 56.4 Å². The molecule has 0 N–H and O–H groups in total. The first kappa shape index (κ1) is 17.6. The molecule has 0 aromatic heterocycles. The molecule has 0 aliphatic carbocycles. The molecule has 0 atom stereocenters. The van der Waals surface area contributed by atoms with Crippen LogP contribution in [0.2, 0.25) is 0 Å². The van der Waals surface area contributed by atoms with Gasteiger partial charge in [-0.15, -0.1) is 0 Å². The molecule has 0 saturated heterocycles. The molecular weight excluding hydrogens is 224 g/mol. The van der Waals surface area contributed by atoms with E-state index in [2.05, 4.69) is 51.6 Å². The monoisotopic (exact) mass is 256 g/mol. The SMILES string of the molecule is CCC(C=O)(CC)CN(CCN(C)C)CC(C)C. The maximum atomic E-state index is 11.4. The van der Waals surface area contributed by atoms with Crippen molar-refractivity contribution in [2.75, 3.05) is 40.3 Å². The van der Waals surface area contributed by atoms with Gasteiger partial charge in [-0.3, -0.25) is 0 Å². The normalized spacial score (nSPS) is 12.7. The van der Waals surface area contributed by atoms with Crippen molar-refractivity contribution in [2.45, 2.75) is 40.5 Å². The summed E-state index contributed by atoms with van der Waals surface area (Å²) in [5.74, 6) is 0.644. The minimum absolute atomic E-state index is 0.152. The maximum Gasteiger partial charge on any atom is 0.127 e. The van der Waals surface area contributed by atoms with Crippen LogP contribution >= 0.6 is 0 Å². The Kier molecular flexibility index (Phi) is 8.45. The molecule has 0 aliphatic heterocycles. The molecule has 0 bridgehead atoms. The van der Waals surface area contributed by atoms with Gasteiger partial charge in [0.2, 0.25) is 0 Å². The second-order valence-corrected chi connectivity index (χ2v) is 6.12. The largest absolute Gasteiger partial charge is 0.308 e. The van der Waals surface area contributed by atoms with Crippen LogP contribution in [0, 0.1) is 11.3 Å². The zero-order chi connectivity index (χ0) is 14.2. The fourth-order valence-corrected chi connectivity index (χ4v) is 2.22. The molecule has 3 nitrogen and oxygen atoms in total. The lowest BCUT2D eigenvalue weighted by Gasteiger charge is -2.34. The molecule has 0 fully saturated rings. The Morgan fingerprint density at radius 1 is 1.11 bits per heavy atom. The second-order valence-electron chi connectivity index (χ2n) is 6.12. The first-order valence-electron chi connectivity index (χ1n) is 7.22. The van der Waals surface area contributed by atoms with E-state index in [1.165, 1.54) is 6.29 Å². The van der Waals surface area contributed by atoms with E-state index in [-0.39, 0.29) is 5.41 Å². The van der Waals surface area contributed by atoms with Crippen LogP contribution in [0.5, 0.6) is 0 Å². The number of hydrogen-bond acceptors (Lipinski definition) is 3. The highest BCUT2D eigenvalue weighted by Crippen LogP contribution is 2.25. The van der Waals surface area contributed by atoms with Crippen molar-refractivity contribution >= 4 is 6.29 Å². The van der Waals surface area contributed by atoms with Gasteiger partial charge in [0.15, 0.2) is 0 Å². The van der Waals surface area contributed by atoms with Gasteiger partial charge < -0.3 is 14.6 Å². The summed E-state index contributed by atoms with van der Waals surface area (Å²) in [5, 5.41) is 0. The number of carbonyl (C=O) groups excluding carboxylic acids is 1. The second kappa shape index (κ2) is 8.65. The van der Waals surface area contributed by atoms with E-state index in [0.717, 1.165) is 39.0 Å². The molecule has 0 aromatic rings. The van der Waals surface area contributed by atoms with Gasteiger partial charge in [-0.05, 0) is 32.9 Å². The van der Waals surface area contributed by atoms with Crippen molar-refractivity contribution in [3.8, 4) is 0 Å². The lowest BCUT2D eigenvalue weighted by atomic mass is 9.83. The quantitative estimate of drug-likeness (QED) is 0.561. The highest BCUT2D eigenvalue weighted by Gasteiger charge is 2.28. The molecule has 0 heterocycles. The van der Waals surface area contributed by atoms with Crippen molar-refractivity contribution in [1.82, 2.24) is 9.80 Å². The zero-order valence-electron chi connectivity index (χ0n) is 13.2. The molecule has 3 heteroatoms. The van der Waals surface area contributed by atoms with Crippen LogP contribution in [0.1, 0.15) is 40.5 Å². The Labute approximate surface area is 114 Å². The van der Waals surface area contributed by atoms with Crippen LogP contribution in [-0.2, 0) is 4.79 Å². The fourth-order valence-electron chi connectivity index (χ4n) is 2.22. The van der Waals surface area contributed by atoms with Crippen molar-refractivity contribution in [3.63, 3.8) is 0 Å². The predicted molar refractivity (Wildman–Crippen MR) is 78.9 cm³/mol. The van der Waals surface area contributed by atoms with Crippen molar-refractivity contribution in [3.05, 3.63) is 0 Å². The average molecular weight is 256 g/mol. The Morgan fingerprint density at radius 2 is 1.67 bits per heavy atom. The van der Waals surface area contributed by atoms with Crippen molar-refractivity contribution in [1.29, 1.82) is 0 Å². The summed E-state index contributed by atoms with van der Waals surface area (Å²) in [6.07, 6.45) is 3.04. The molecule has 0 aromatic carbocycles. The molecule has 108 valence electrons. The first-order chi connectivity index (χ1) is 8.39. The third kappa shape index (κ3) is 6.50. The van der Waals surface area contributed by atoms with E-state index in [1.807, 2.05) is 0 Å². The third-order valence-corrected chi connectivity index (χ3v) is 3.68. The van der Waals surface area contributed by atoms with Crippen LogP contribution in [0.25, 0.3) is 0 Å². The highest BCUT2D eigenvalue weighted by atomic mass is 16.1. The molecular formula is C15H32N2O. The lowest BCUT2D eigenvalue weighted by molar-refractivity contribution is -0.117. The van der Waals surface area contributed by atoms with Gasteiger partial charge in [-0.1, -0.05) is 27.7 Å². The van der Waals surface area contributed by atoms with Gasteiger partial charge in [-0.25, -0.2) is 0 Å². The minimum Gasteiger partial charge on any atom is -0.308 e. The predicted octanol–water partition coefficient (Wildman–Crippen LogP) is 2.51. The van der Waals surface area contributed by atoms with E-state index < -0.39 is 0 Å². The highest BCUT2D eigenvalue weighted by molar-refractivity contribution is 5.59. The number of likely N-dealkylation sites (N-methyl/N-ethyl adjacent to an activating group) is 1. The Hall–Kier alpha value is -0.410. The Morgan fingerprint density at radius 3 is 2.00 bits per heavy atom. The maximum absolute atomic E-state index is 11.4. The van der Waals surface area contributed by atoms with Crippen LogP contribution in [0.3, 0.4) is 0 Å². The number of rotatable bonds is 10. The topological polar surface area (TPSA) is 23.6 Å². The van der Waals surface area contributed by atoms with E-state index in [1.54, 1.807) is 0 Å². The standard InChI is InChI=1S/C15H32N2O/c1-7-15(8-2,13-18)12-17(11-14(3)4)10-9-16(5)6/h13-14H,7-12H2,1-6H3. The smallest absolute Gasteiger partial charge is 0.127 e. The van der Waals surface area contributed by atoms with Crippen molar-refractivity contribution in [2.24, 2.45) is 11.3 Å². The van der Waals surface area contributed by atoms with E-state index in [4.69, 9.17) is 0 Å². The summed E-state index contributed by atoms with van der Waals surface area (Å²) < 4.78 is 0. The van der Waals surface area contributed by atoms with Crippen LogP contribution < -0.4 is 0 Å². The summed E-state index contributed by atoms with van der Waals surface area (Å²) in [6, 6.07) is 0. The zero-order valence-corrected chi connectivity index (χ0v) is 13.2. The third-order valence-electron chi connectivity index (χ3n) is 3.68. The molecule has 0 aliphatic rings. The van der Waals surface area contributed by atoms with E-state index >= 15 is 0 Å². The van der Waals surface area contributed by atoms with E-state index in [0.29, 0.717) is 5.92 Å². The number of aldehydes is 1. The summed E-state index contributed by atoms with van der Waals surface area (Å²) in [4.78, 5) is 16.1. The van der Waals surface area contributed by atoms with Crippen molar-refractivity contribution < 1.29 is 4.79 Å². The van der Waals surface area contributed by atoms with Gasteiger partial charge in [0, 0.05) is 31.6 Å². The first-order valence-corrected chi connectivity index (χ1v) is 7.22. The summed E-state index contributed by atoms with van der Waals surface area (Å²) in [5.41, 5.74) is -0.152. The Bertz CT molecular complexity index is 223. The lowest BCUT2D eigenvalue weighted by Crippen LogP contribution is -2.42. The average Bonchev–Trinajstić information content (AvgIpc) is 2.32. The number of hydrogen-bond donors (Lipinski definition) is 0. The van der Waals surface area contributed by atoms with Gasteiger partial charge in [0.05, 0.1) is 0 Å². The van der Waals surface area contributed by atoms with Gasteiger partial charge in [0.25, 0.3) is 0 Å². The Balaban J connectivity index is 4.58. The van der Waals surface area contributed by atoms with E-state index in [9.17, 15) is 4.79 Å². The molecule has 0 unspecified atom stereocenters. The van der Waals surface area contributed by atoms with Gasteiger partial charge >= 0.3 is 0 Å². The summed E-state index contributed by atoms with van der Waals surface area (Å²) >= 11 is 0. The van der Waals surface area contributed by atoms with Gasteiger partial charge in [-0.2, -0.15) is 0 Å². The molecule has 0 spiro atoms. The van der Waals surface area contributed by atoms with Gasteiger partial charge in [0.1, 0.15) is 6.29 Å². The van der Waals surface area contributed by atoms with Crippen LogP contribution in [0.15, 0.2) is 0 Å². The molecule has 0 radical (unpaired) electrons. The molecule has 0 rings (SSSR count). The molecule has 18 heavy (non-hydrogen) atoms. The minimum atomic E-state index is -0.152. The fraction of sp³-hybridized carbons (Fsp3) is 0.933. The molecule has 0 saturated carbocycles.